The van der Waals surface area contributed by atoms with Gasteiger partial charge in [-0.3, -0.25) is 14.4 Å². The Bertz CT molecular complexity index is 665. The molecule has 1 aliphatic carbocycles. The van der Waals surface area contributed by atoms with E-state index < -0.39 is 35.6 Å². The fourth-order valence-electron chi connectivity index (χ4n) is 5.18. The lowest BCUT2D eigenvalue weighted by Gasteiger charge is -2.45. The molecule has 3 N–H and O–H groups in total. The summed E-state index contributed by atoms with van der Waals surface area (Å²) in [7, 11) is 0. The first-order valence-corrected chi connectivity index (χ1v) is 10.4. The second kappa shape index (κ2) is 7.50. The van der Waals surface area contributed by atoms with E-state index >= 15 is 0 Å². The molecule has 0 spiro atoms. The number of hydrogen-bond donors (Lipinski definition) is 3. The first kappa shape index (κ1) is 21.4. The molecule has 8 atom stereocenters. The van der Waals surface area contributed by atoms with E-state index in [-0.39, 0.29) is 35.5 Å². The van der Waals surface area contributed by atoms with Gasteiger partial charge in [-0.05, 0) is 39.0 Å². The highest BCUT2D eigenvalue weighted by molar-refractivity contribution is 5.89. The summed E-state index contributed by atoms with van der Waals surface area (Å²) in [5.41, 5.74) is -1.21. The number of ketones is 2. The third kappa shape index (κ3) is 3.89. The van der Waals surface area contributed by atoms with Gasteiger partial charge in [-0.1, -0.05) is 20.3 Å². The van der Waals surface area contributed by atoms with Crippen molar-refractivity contribution >= 4 is 17.5 Å². The van der Waals surface area contributed by atoms with Crippen molar-refractivity contribution in [3.63, 3.8) is 0 Å². The van der Waals surface area contributed by atoms with Gasteiger partial charge in [-0.2, -0.15) is 0 Å². The minimum Gasteiger partial charge on any atom is -0.454 e. The molecule has 0 radical (unpaired) electrons. The number of rotatable bonds is 1. The Morgan fingerprint density at radius 1 is 1.25 bits per heavy atom. The monoisotopic (exact) mass is 395 g/mol. The van der Waals surface area contributed by atoms with Crippen molar-refractivity contribution in [2.24, 2.45) is 17.3 Å². The smallest absolute Gasteiger partial charge is 0.309 e. The molecule has 0 aromatic rings. The van der Waals surface area contributed by atoms with Gasteiger partial charge >= 0.3 is 5.97 Å². The van der Waals surface area contributed by atoms with E-state index in [1.807, 2.05) is 0 Å². The Morgan fingerprint density at radius 2 is 1.93 bits per heavy atom. The van der Waals surface area contributed by atoms with Crippen LogP contribution in [0.2, 0.25) is 0 Å². The summed E-state index contributed by atoms with van der Waals surface area (Å²) in [5, 5.41) is 24.8. The molecule has 158 valence electrons. The minimum atomic E-state index is -1.20. The molecule has 3 fully saturated rings. The van der Waals surface area contributed by atoms with Crippen LogP contribution >= 0.6 is 0 Å². The molecule has 3 rings (SSSR count). The van der Waals surface area contributed by atoms with Crippen LogP contribution in [0.1, 0.15) is 66.2 Å². The Kier molecular flexibility index (Phi) is 5.73. The maximum Gasteiger partial charge on any atom is 0.309 e. The summed E-state index contributed by atoms with van der Waals surface area (Å²) in [6.07, 6.45) is 0.145. The number of esters is 1. The molecule has 7 nitrogen and oxygen atoms in total. The van der Waals surface area contributed by atoms with Crippen molar-refractivity contribution in [2.45, 2.75) is 96.1 Å². The molecule has 2 aliphatic heterocycles. The highest BCUT2D eigenvalue weighted by atomic mass is 16.5. The Labute approximate surface area is 166 Å². The molecule has 0 unspecified atom stereocenters. The number of fused-ring (bicyclic) bond motifs is 3. The van der Waals surface area contributed by atoms with Gasteiger partial charge in [0.2, 0.25) is 0 Å². The molecular formula is C21H33NO6. The third-order valence-corrected chi connectivity index (χ3v) is 7.39. The van der Waals surface area contributed by atoms with E-state index in [2.05, 4.69) is 12.2 Å². The van der Waals surface area contributed by atoms with E-state index in [4.69, 9.17) is 4.74 Å². The van der Waals surface area contributed by atoms with Crippen LogP contribution in [-0.4, -0.2) is 57.6 Å². The highest BCUT2D eigenvalue weighted by Gasteiger charge is 2.54. The van der Waals surface area contributed by atoms with Crippen molar-refractivity contribution in [1.82, 2.24) is 5.32 Å². The SMILES string of the molecule is CC(=O)[C@@H]1C[C@@H]2N[C@]2(C)CCC[C@@H]2C[C@@](C)(C(=O)[C@H](C)[C@H]2O)[C@@H](O)CC(=O)O1. The second-order valence-electron chi connectivity index (χ2n) is 9.58. The predicted octanol–water partition coefficient (Wildman–Crippen LogP) is 1.13. The molecule has 0 amide bonds. The summed E-state index contributed by atoms with van der Waals surface area (Å²) in [4.78, 5) is 37.2. The van der Waals surface area contributed by atoms with Crippen molar-refractivity contribution in [3.8, 4) is 0 Å². The van der Waals surface area contributed by atoms with Gasteiger partial charge in [0, 0.05) is 23.9 Å². The fraction of sp³-hybridized carbons (Fsp3) is 0.857. The Balaban J connectivity index is 1.85. The third-order valence-electron chi connectivity index (χ3n) is 7.39. The summed E-state index contributed by atoms with van der Waals surface area (Å²) in [6, 6.07) is 0.101. The summed E-state index contributed by atoms with van der Waals surface area (Å²) in [6.45, 7) is 6.87. The van der Waals surface area contributed by atoms with Crippen LogP contribution in [0, 0.1) is 17.3 Å². The van der Waals surface area contributed by atoms with Crippen LogP contribution in [0.5, 0.6) is 0 Å². The standard InChI is InChI=1S/C21H33NO6/c1-11-18(26)13-6-5-7-21(4)15(22-21)8-14(12(2)23)28-17(25)9-16(24)20(3,10-13)19(11)27/h11,13-16,18,22,24,26H,5-10H2,1-4H3/t11-,13-,14+,15+,16+,18-,20-,21-/m1/s1. The topological polar surface area (TPSA) is 123 Å². The van der Waals surface area contributed by atoms with E-state index in [0.717, 1.165) is 19.3 Å². The van der Waals surface area contributed by atoms with Gasteiger partial charge in [-0.15, -0.1) is 0 Å². The van der Waals surface area contributed by atoms with Crippen LogP contribution < -0.4 is 5.32 Å². The zero-order chi connectivity index (χ0) is 20.9. The average Bonchev–Trinajstić information content (AvgIpc) is 3.25. The van der Waals surface area contributed by atoms with Gasteiger partial charge in [-0.25, -0.2) is 0 Å². The quantitative estimate of drug-likeness (QED) is 0.449. The van der Waals surface area contributed by atoms with Crippen LogP contribution in [0.25, 0.3) is 0 Å². The number of Topliss-reactive ketones (excluding diaryl/α,β-unsaturated/α-hetero) is 2. The Hall–Kier alpha value is -1.31. The normalized spacial score (nSPS) is 47.5. The van der Waals surface area contributed by atoms with Crippen molar-refractivity contribution in [2.75, 3.05) is 0 Å². The van der Waals surface area contributed by atoms with Gasteiger partial charge < -0.3 is 20.3 Å². The zero-order valence-corrected chi connectivity index (χ0v) is 17.2. The molecule has 0 aromatic heterocycles. The number of ether oxygens (including phenoxy) is 1. The first-order valence-electron chi connectivity index (χ1n) is 10.4. The van der Waals surface area contributed by atoms with E-state index in [1.165, 1.54) is 6.92 Å². The number of cyclic esters (lactones) is 1. The Morgan fingerprint density at radius 3 is 2.57 bits per heavy atom. The van der Waals surface area contributed by atoms with Crippen molar-refractivity contribution in [3.05, 3.63) is 0 Å². The zero-order valence-electron chi connectivity index (χ0n) is 17.2. The fourth-order valence-corrected chi connectivity index (χ4v) is 5.18. The molecule has 2 bridgehead atoms. The number of carbonyl (C=O) groups is 3. The lowest BCUT2D eigenvalue weighted by molar-refractivity contribution is -0.164. The molecule has 1 saturated carbocycles. The highest BCUT2D eigenvalue weighted by Crippen LogP contribution is 2.45. The molecular weight excluding hydrogens is 362 g/mol. The number of carbonyl (C=O) groups excluding carboxylic acids is 3. The van der Waals surface area contributed by atoms with Gasteiger partial charge in [0.25, 0.3) is 0 Å². The molecule has 2 saturated heterocycles. The van der Waals surface area contributed by atoms with E-state index in [0.29, 0.717) is 12.8 Å². The summed E-state index contributed by atoms with van der Waals surface area (Å²) in [5.74, 6) is -1.80. The number of hydrogen-bond acceptors (Lipinski definition) is 7. The maximum absolute atomic E-state index is 12.9. The van der Waals surface area contributed by atoms with Crippen LogP contribution in [0.4, 0.5) is 0 Å². The molecule has 28 heavy (non-hydrogen) atoms. The summed E-state index contributed by atoms with van der Waals surface area (Å²) >= 11 is 0. The largest absolute Gasteiger partial charge is 0.454 e. The lowest BCUT2D eigenvalue weighted by Crippen LogP contribution is -2.54. The van der Waals surface area contributed by atoms with Gasteiger partial charge in [0.1, 0.15) is 5.78 Å². The molecule has 2 heterocycles. The van der Waals surface area contributed by atoms with E-state index in [9.17, 15) is 24.6 Å². The van der Waals surface area contributed by atoms with Crippen LogP contribution in [-0.2, 0) is 19.1 Å². The van der Waals surface area contributed by atoms with Crippen molar-refractivity contribution in [1.29, 1.82) is 0 Å². The molecule has 3 aliphatic rings. The second-order valence-corrected chi connectivity index (χ2v) is 9.58. The van der Waals surface area contributed by atoms with Gasteiger partial charge in [0.05, 0.1) is 24.0 Å². The first-order chi connectivity index (χ1) is 13.0. The minimum absolute atomic E-state index is 0.0999. The van der Waals surface area contributed by atoms with Crippen LogP contribution in [0.15, 0.2) is 0 Å². The summed E-state index contributed by atoms with van der Waals surface area (Å²) < 4.78 is 5.39. The molecule has 0 aromatic carbocycles. The maximum atomic E-state index is 12.9. The van der Waals surface area contributed by atoms with Gasteiger partial charge in [0.15, 0.2) is 11.9 Å². The number of nitrogens with one attached hydrogen (secondary N) is 1. The number of aliphatic hydroxyl groups is 2. The van der Waals surface area contributed by atoms with E-state index in [1.54, 1.807) is 13.8 Å². The average molecular weight is 395 g/mol. The van der Waals surface area contributed by atoms with Crippen molar-refractivity contribution < 1.29 is 29.3 Å². The predicted molar refractivity (Wildman–Crippen MR) is 101 cm³/mol. The molecule has 7 heteroatoms. The van der Waals surface area contributed by atoms with Crippen LogP contribution in [0.3, 0.4) is 0 Å². The number of aliphatic hydroxyl groups excluding tert-OH is 2. The lowest BCUT2D eigenvalue weighted by atomic mass is 9.60.